The average molecular weight is 399 g/mol. The van der Waals surface area contributed by atoms with Crippen LogP contribution >= 0.6 is 7.75 Å². The molecule has 2 saturated heterocycles. The standard InChI is InChI=1S/C15H22N5O6P/c16-14-10-1-2-20(15(10)18-9-17-14)13-7-11(21)12(26-13)8-25-27(22,23)19-3-5-24-6-4-19/h1-2,9,11-13,21H,3-8H2,(H,22,23)(H2,16,17,18)/t11-,12+,13+/m0/s1. The molecule has 12 heteroatoms. The maximum atomic E-state index is 12.4. The van der Waals surface area contributed by atoms with Gasteiger partial charge in [-0.25, -0.2) is 19.2 Å². The lowest BCUT2D eigenvalue weighted by atomic mass is 10.2. The summed E-state index contributed by atoms with van der Waals surface area (Å²) < 4.78 is 31.8. The monoisotopic (exact) mass is 399 g/mol. The van der Waals surface area contributed by atoms with Gasteiger partial charge in [0.2, 0.25) is 0 Å². The molecule has 0 aliphatic carbocycles. The Morgan fingerprint density at radius 2 is 2.15 bits per heavy atom. The molecule has 1 unspecified atom stereocenters. The van der Waals surface area contributed by atoms with Crippen molar-refractivity contribution in [2.45, 2.75) is 24.9 Å². The summed E-state index contributed by atoms with van der Waals surface area (Å²) in [4.78, 5) is 18.3. The highest BCUT2D eigenvalue weighted by Crippen LogP contribution is 2.47. The Labute approximate surface area is 155 Å². The summed E-state index contributed by atoms with van der Waals surface area (Å²) in [7, 11) is -3.95. The van der Waals surface area contributed by atoms with Crippen LogP contribution in [-0.2, 0) is 18.6 Å². The van der Waals surface area contributed by atoms with Crippen molar-refractivity contribution in [1.82, 2.24) is 19.2 Å². The molecule has 0 aromatic carbocycles. The third kappa shape index (κ3) is 3.72. The molecule has 0 radical (unpaired) electrons. The van der Waals surface area contributed by atoms with Gasteiger partial charge in [-0.3, -0.25) is 4.52 Å². The van der Waals surface area contributed by atoms with E-state index >= 15 is 0 Å². The van der Waals surface area contributed by atoms with E-state index in [4.69, 9.17) is 19.7 Å². The first-order valence-corrected chi connectivity index (χ1v) is 10.2. The fourth-order valence-corrected chi connectivity index (χ4v) is 4.49. The Morgan fingerprint density at radius 1 is 1.37 bits per heavy atom. The lowest BCUT2D eigenvalue weighted by Crippen LogP contribution is -2.35. The lowest BCUT2D eigenvalue weighted by molar-refractivity contribution is -0.0428. The summed E-state index contributed by atoms with van der Waals surface area (Å²) >= 11 is 0. The van der Waals surface area contributed by atoms with E-state index in [0.29, 0.717) is 49.6 Å². The quantitative estimate of drug-likeness (QED) is 0.592. The number of fused-ring (bicyclic) bond motifs is 1. The first-order valence-electron chi connectivity index (χ1n) is 8.67. The smallest absolute Gasteiger partial charge is 0.390 e. The van der Waals surface area contributed by atoms with Gasteiger partial charge < -0.3 is 29.8 Å². The van der Waals surface area contributed by atoms with E-state index in [1.54, 1.807) is 16.8 Å². The van der Waals surface area contributed by atoms with Crippen molar-refractivity contribution in [1.29, 1.82) is 0 Å². The van der Waals surface area contributed by atoms with Gasteiger partial charge in [0.15, 0.2) is 0 Å². The number of aromatic nitrogens is 3. The Balaban J connectivity index is 1.42. The number of nitrogens with zero attached hydrogens (tertiary/aromatic N) is 4. The number of nitrogens with two attached hydrogens (primary N) is 1. The van der Waals surface area contributed by atoms with Crippen LogP contribution in [0.4, 0.5) is 5.82 Å². The number of hydrogen-bond acceptors (Lipinski definition) is 8. The van der Waals surface area contributed by atoms with E-state index in [2.05, 4.69) is 9.97 Å². The molecule has 11 nitrogen and oxygen atoms in total. The van der Waals surface area contributed by atoms with Gasteiger partial charge in [0.05, 0.1) is 31.3 Å². The predicted octanol–water partition coefficient (Wildman–Crippen LogP) is 0.111. The van der Waals surface area contributed by atoms with Crippen LogP contribution in [0.15, 0.2) is 18.6 Å². The molecule has 0 spiro atoms. The second-order valence-corrected chi connectivity index (χ2v) is 8.31. The fraction of sp³-hybridized carbons (Fsp3) is 0.600. The highest BCUT2D eigenvalue weighted by atomic mass is 31.2. The number of aliphatic hydroxyl groups is 1. The number of anilines is 1. The molecule has 2 fully saturated rings. The zero-order chi connectivity index (χ0) is 19.0. The van der Waals surface area contributed by atoms with Gasteiger partial charge in [-0.1, -0.05) is 0 Å². The minimum absolute atomic E-state index is 0.195. The van der Waals surface area contributed by atoms with Crippen molar-refractivity contribution in [2.24, 2.45) is 0 Å². The van der Waals surface area contributed by atoms with Crippen LogP contribution in [0, 0.1) is 0 Å². The molecular weight excluding hydrogens is 377 g/mol. The van der Waals surface area contributed by atoms with Gasteiger partial charge in [0, 0.05) is 25.7 Å². The Bertz CT molecular complexity index is 856. The van der Waals surface area contributed by atoms with E-state index in [0.717, 1.165) is 0 Å². The van der Waals surface area contributed by atoms with Gasteiger partial charge in [-0.15, -0.1) is 0 Å². The van der Waals surface area contributed by atoms with Crippen LogP contribution in [-0.4, -0.2) is 74.3 Å². The average Bonchev–Trinajstić information content (AvgIpc) is 3.25. The highest BCUT2D eigenvalue weighted by molar-refractivity contribution is 7.50. The molecule has 4 atom stereocenters. The number of hydrogen-bond donors (Lipinski definition) is 3. The van der Waals surface area contributed by atoms with Gasteiger partial charge in [-0.05, 0) is 6.07 Å². The molecule has 4 N–H and O–H groups in total. The second kappa shape index (κ2) is 7.44. The number of ether oxygens (including phenoxy) is 2. The van der Waals surface area contributed by atoms with E-state index in [9.17, 15) is 14.6 Å². The minimum Gasteiger partial charge on any atom is -0.390 e. The van der Waals surface area contributed by atoms with E-state index in [1.807, 2.05) is 0 Å². The SMILES string of the molecule is Nc1ncnc2c1ccn2[C@H]1C[C@H](O)[C@@H](COP(=O)(O)N2CCOCC2)O1. The number of morpholine rings is 1. The van der Waals surface area contributed by atoms with Crippen LogP contribution in [0.2, 0.25) is 0 Å². The molecule has 2 aliphatic rings. The third-order valence-electron chi connectivity index (χ3n) is 4.81. The zero-order valence-corrected chi connectivity index (χ0v) is 15.4. The molecule has 4 heterocycles. The summed E-state index contributed by atoms with van der Waals surface area (Å²) in [5.41, 5.74) is 6.44. The summed E-state index contributed by atoms with van der Waals surface area (Å²) in [6, 6.07) is 1.78. The molecule has 2 aromatic heterocycles. The Kier molecular flexibility index (Phi) is 5.17. The lowest BCUT2D eigenvalue weighted by Gasteiger charge is -2.30. The van der Waals surface area contributed by atoms with Crippen molar-refractivity contribution in [3.05, 3.63) is 18.6 Å². The van der Waals surface area contributed by atoms with Crippen LogP contribution < -0.4 is 5.73 Å². The molecule has 148 valence electrons. The largest absolute Gasteiger partial charge is 0.405 e. The normalized spacial score (nSPS) is 29.2. The van der Waals surface area contributed by atoms with E-state index < -0.39 is 26.2 Å². The second-order valence-electron chi connectivity index (χ2n) is 6.50. The summed E-state index contributed by atoms with van der Waals surface area (Å²) in [6.07, 6.45) is 1.38. The van der Waals surface area contributed by atoms with Gasteiger partial charge in [0.25, 0.3) is 0 Å². The van der Waals surface area contributed by atoms with Crippen molar-refractivity contribution in [3.8, 4) is 0 Å². The van der Waals surface area contributed by atoms with Gasteiger partial charge in [-0.2, -0.15) is 0 Å². The maximum absolute atomic E-state index is 12.4. The first kappa shape index (κ1) is 18.8. The zero-order valence-electron chi connectivity index (χ0n) is 14.5. The molecule has 2 aliphatic heterocycles. The van der Waals surface area contributed by atoms with Crippen LogP contribution in [0.3, 0.4) is 0 Å². The summed E-state index contributed by atoms with van der Waals surface area (Å²) in [5, 5.41) is 11.0. The van der Waals surface area contributed by atoms with Crippen molar-refractivity contribution < 1.29 is 28.6 Å². The third-order valence-corrected chi connectivity index (χ3v) is 6.41. The molecular formula is C15H22N5O6P. The van der Waals surface area contributed by atoms with Crippen LogP contribution in [0.25, 0.3) is 11.0 Å². The number of aliphatic hydroxyl groups excluding tert-OH is 1. The molecule has 2 aromatic rings. The van der Waals surface area contributed by atoms with Crippen molar-refractivity contribution in [2.75, 3.05) is 38.6 Å². The van der Waals surface area contributed by atoms with Crippen molar-refractivity contribution in [3.63, 3.8) is 0 Å². The van der Waals surface area contributed by atoms with Gasteiger partial charge in [0.1, 0.15) is 30.1 Å². The molecule has 0 amide bonds. The van der Waals surface area contributed by atoms with E-state index in [1.165, 1.54) is 11.0 Å². The molecule has 0 saturated carbocycles. The molecule has 27 heavy (non-hydrogen) atoms. The van der Waals surface area contributed by atoms with Crippen molar-refractivity contribution >= 4 is 24.6 Å². The van der Waals surface area contributed by atoms with Crippen LogP contribution in [0.5, 0.6) is 0 Å². The summed E-state index contributed by atoms with van der Waals surface area (Å²) in [5.74, 6) is 0.365. The first-order chi connectivity index (χ1) is 13.0. The van der Waals surface area contributed by atoms with Gasteiger partial charge >= 0.3 is 7.75 Å². The minimum atomic E-state index is -3.95. The Hall–Kier alpha value is -1.59. The fourth-order valence-electron chi connectivity index (χ4n) is 3.32. The summed E-state index contributed by atoms with van der Waals surface area (Å²) in [6.45, 7) is 1.20. The van der Waals surface area contributed by atoms with E-state index in [-0.39, 0.29) is 6.61 Å². The maximum Gasteiger partial charge on any atom is 0.405 e. The molecule has 0 bridgehead atoms. The highest BCUT2D eigenvalue weighted by Gasteiger charge is 2.39. The Morgan fingerprint density at radius 3 is 2.93 bits per heavy atom. The number of nitrogen functional groups attached to an aromatic ring is 1. The number of rotatable bonds is 5. The molecule has 4 rings (SSSR count). The van der Waals surface area contributed by atoms with Crippen LogP contribution in [0.1, 0.15) is 12.6 Å². The topological polar surface area (TPSA) is 145 Å². The predicted molar refractivity (Wildman–Crippen MR) is 94.6 cm³/mol.